The summed E-state index contributed by atoms with van der Waals surface area (Å²) in [6.45, 7) is 3.06. The van der Waals surface area contributed by atoms with Gasteiger partial charge in [-0.25, -0.2) is 19.1 Å². The minimum Gasteiger partial charge on any atom is -1.00 e. The van der Waals surface area contributed by atoms with Crippen molar-refractivity contribution in [2.24, 2.45) is 0 Å². The van der Waals surface area contributed by atoms with E-state index in [1.807, 2.05) is 29.0 Å². The highest BCUT2D eigenvalue weighted by molar-refractivity contribution is 5.98. The second kappa shape index (κ2) is 22.3. The molecule has 4 heterocycles. The maximum atomic E-state index is 13.9. The highest BCUT2D eigenvalue weighted by Crippen LogP contribution is 2.24. The van der Waals surface area contributed by atoms with Crippen LogP contribution >= 0.6 is 12.4 Å². The molecular weight excluding hydrogens is 833 g/mol. The Kier molecular flexibility index (Phi) is 18.8. The number of nitrogens with two attached hydrogens (primary N) is 1. The van der Waals surface area contributed by atoms with Crippen LogP contribution in [-0.4, -0.2) is 186 Å². The van der Waals surface area contributed by atoms with Crippen molar-refractivity contribution in [3.63, 3.8) is 0 Å². The third kappa shape index (κ3) is 11.0. The maximum absolute atomic E-state index is 13.9. The van der Waals surface area contributed by atoms with Crippen LogP contribution in [0.1, 0.15) is 53.4 Å². The molecule has 3 aromatic heterocycles. The average molecular weight is 891 g/mol. The normalized spacial score (nSPS) is 17.6. The second-order valence-electron chi connectivity index (χ2n) is 14.5. The van der Waals surface area contributed by atoms with E-state index < -0.39 is 87.1 Å². The number of benzene rings is 1. The fraction of sp³-hybridized carbons (Fsp3) is 0.595. The number of hydrogen-bond acceptors (Lipinski definition) is 16. The van der Waals surface area contributed by atoms with Gasteiger partial charge in [-0.05, 0) is 44.9 Å². The molecule has 1 fully saturated rings. The van der Waals surface area contributed by atoms with Gasteiger partial charge >= 0.3 is 0 Å². The molecule has 0 saturated carbocycles. The highest BCUT2D eigenvalue weighted by Gasteiger charge is 2.38. The number of hydrogen-bond donors (Lipinski definition) is 13. The summed E-state index contributed by atoms with van der Waals surface area (Å²) in [5.74, 6) is 0.0266. The van der Waals surface area contributed by atoms with E-state index in [-0.39, 0.29) is 61.9 Å². The van der Waals surface area contributed by atoms with Gasteiger partial charge in [0.1, 0.15) is 48.7 Å². The van der Waals surface area contributed by atoms with Gasteiger partial charge in [0.15, 0.2) is 28.2 Å². The van der Waals surface area contributed by atoms with Crippen molar-refractivity contribution >= 4 is 52.2 Å². The number of aliphatic hydroxyl groups excluding tert-OH is 10. The summed E-state index contributed by atoms with van der Waals surface area (Å²) in [4.78, 5) is 41.8. The first kappa shape index (κ1) is 50.5. The molecule has 1 aromatic carbocycles. The molecule has 4 aromatic rings. The number of aromatic amines is 1. The van der Waals surface area contributed by atoms with E-state index in [9.17, 15) is 60.7 Å². The predicted octanol–water partition coefficient (Wildman–Crippen LogP) is -7.04. The molecule has 5 rings (SSSR count). The molecule has 0 unspecified atom stereocenters. The van der Waals surface area contributed by atoms with Gasteiger partial charge in [0, 0.05) is 50.0 Å². The Morgan fingerprint density at radius 1 is 0.900 bits per heavy atom. The van der Waals surface area contributed by atoms with Crippen molar-refractivity contribution in [3.05, 3.63) is 47.5 Å². The topological polar surface area (TPSA) is 331 Å². The second-order valence-corrected chi connectivity index (χ2v) is 14.5. The summed E-state index contributed by atoms with van der Waals surface area (Å²) in [5.41, 5.74) is 9.05. The molecule has 0 radical (unpaired) electrons. The molecule has 1 saturated heterocycles. The number of H-pyrrole nitrogens is 1. The summed E-state index contributed by atoms with van der Waals surface area (Å²) in [6, 6.07) is 6.61. The molecule has 14 N–H and O–H groups in total. The number of anilines is 1. The van der Waals surface area contributed by atoms with Gasteiger partial charge < -0.3 is 84.4 Å². The molecule has 1 aliphatic heterocycles. The Morgan fingerprint density at radius 2 is 1.47 bits per heavy atom. The monoisotopic (exact) mass is 889 g/mol. The molecule has 60 heavy (non-hydrogen) atoms. The molecular formula is C37H57Cl2N9O12. The molecule has 23 heteroatoms. The summed E-state index contributed by atoms with van der Waals surface area (Å²) in [6.07, 6.45) is -12.3. The van der Waals surface area contributed by atoms with Gasteiger partial charge in [-0.15, -0.1) is 12.4 Å². The number of nitrogen functional groups attached to an aromatic ring is 1. The first-order valence-electron chi connectivity index (χ1n) is 19.3. The molecule has 1 aliphatic rings. The quantitative estimate of drug-likeness (QED) is 0.0389. The van der Waals surface area contributed by atoms with E-state index in [0.717, 1.165) is 16.9 Å². The van der Waals surface area contributed by atoms with Gasteiger partial charge in [-0.2, -0.15) is 0 Å². The maximum Gasteiger partial charge on any atom is 0.277 e. The number of nitrogens with zero attached hydrogens (tertiary/aromatic N) is 6. The van der Waals surface area contributed by atoms with Crippen molar-refractivity contribution in [1.82, 2.24) is 34.6 Å². The number of halogens is 2. The minimum atomic E-state index is -1.91. The van der Waals surface area contributed by atoms with E-state index in [1.165, 1.54) is 4.90 Å². The van der Waals surface area contributed by atoms with Crippen LogP contribution in [-0.2, 0) is 19.6 Å². The lowest BCUT2D eigenvalue weighted by molar-refractivity contribution is -0.676. The molecule has 8 atom stereocenters. The third-order valence-corrected chi connectivity index (χ3v) is 10.9. The lowest BCUT2D eigenvalue weighted by Crippen LogP contribution is -3.00. The van der Waals surface area contributed by atoms with Gasteiger partial charge in [0.2, 0.25) is 0 Å². The van der Waals surface area contributed by atoms with Crippen LogP contribution < -0.4 is 28.0 Å². The van der Waals surface area contributed by atoms with Crippen LogP contribution in [0.15, 0.2) is 30.5 Å². The van der Waals surface area contributed by atoms with Gasteiger partial charge in [0.05, 0.1) is 38.5 Å². The van der Waals surface area contributed by atoms with E-state index in [1.54, 1.807) is 29.3 Å². The molecule has 0 spiro atoms. The number of amides is 2. The molecule has 2 amide bonds. The van der Waals surface area contributed by atoms with Crippen LogP contribution in [0.5, 0.6) is 0 Å². The number of rotatable bonds is 19. The van der Waals surface area contributed by atoms with Crippen LogP contribution in [0.3, 0.4) is 0 Å². The standard InChI is InChI=1S/C37H55N9O12.2ClH/c1-3-45-22-6-5-19(13-23(22)46(4-2)28(45)14-40-36(57)29-34(38)42-35-21(41-29)7-10-39-35)37(58)43-11-8-20(9-12-43)44(15-24(49)30(53)32(55)26(51)17-47)16-25(50)31(54)33(56)27(52)18-48;;/h5-7,10,13,20,24-27,30-33,47-56H,3-4,8-9,11-12,14-18H2,1-2H3,(H3-,38,39,40,41,42,57);2*1H/t24-,25-,26+,27+,30+,31+,32+,33+;;/m0../s1. The SMILES string of the molecule is CCn1c(CNC(=O)c2nc3cc[nH]c3nc2N)[n+](CC)c2ccc(C(=O)N3CCC(N(C[C@H](O)[C@@H](O)[C@H](O)[C@H](O)CO)C[C@H](O)[C@@H](O)[C@H](O)[C@H](O)CO)CC3)cc21.Cl.[Cl-]. The number of likely N-dealkylation sites (tertiary alicyclic amines) is 1. The number of carbonyl (C=O) groups excluding carboxylic acids is 2. The Morgan fingerprint density at radius 3 is 2.00 bits per heavy atom. The van der Waals surface area contributed by atoms with Crippen LogP contribution in [0.25, 0.3) is 22.2 Å². The Labute approximate surface area is 357 Å². The van der Waals surface area contributed by atoms with Crippen molar-refractivity contribution in [2.45, 2.75) is 101 Å². The van der Waals surface area contributed by atoms with Crippen molar-refractivity contribution < 1.29 is 77.6 Å². The molecule has 336 valence electrons. The predicted molar refractivity (Wildman–Crippen MR) is 213 cm³/mol. The highest BCUT2D eigenvalue weighted by atomic mass is 35.5. The Balaban J connectivity index is 0.00000480. The summed E-state index contributed by atoms with van der Waals surface area (Å²) < 4.78 is 4.05. The van der Waals surface area contributed by atoms with Gasteiger partial charge in [-0.3, -0.25) is 14.5 Å². The molecule has 0 bridgehead atoms. The lowest BCUT2D eigenvalue weighted by atomic mass is 9.97. The minimum absolute atomic E-state index is 0. The number of aryl methyl sites for hydroxylation is 2. The molecule has 0 aliphatic carbocycles. The smallest absolute Gasteiger partial charge is 0.277 e. The van der Waals surface area contributed by atoms with Crippen LogP contribution in [0, 0.1) is 0 Å². The number of piperidine rings is 1. The first-order valence-corrected chi connectivity index (χ1v) is 19.3. The molecule has 21 nitrogen and oxygen atoms in total. The largest absolute Gasteiger partial charge is 1.00 e. The van der Waals surface area contributed by atoms with E-state index in [0.29, 0.717) is 42.7 Å². The number of fused-ring (bicyclic) bond motifs is 2. The van der Waals surface area contributed by atoms with E-state index in [4.69, 9.17) is 5.73 Å². The third-order valence-electron chi connectivity index (χ3n) is 10.9. The number of carbonyl (C=O) groups is 2. The van der Waals surface area contributed by atoms with Crippen molar-refractivity contribution in [3.8, 4) is 0 Å². The number of aromatic nitrogens is 5. The van der Waals surface area contributed by atoms with Gasteiger partial charge in [-0.1, -0.05) is 0 Å². The number of imidazole rings is 1. The van der Waals surface area contributed by atoms with Crippen molar-refractivity contribution in [2.75, 3.05) is 45.1 Å². The van der Waals surface area contributed by atoms with Crippen LogP contribution in [0.4, 0.5) is 5.82 Å². The van der Waals surface area contributed by atoms with E-state index in [2.05, 4.69) is 20.3 Å². The Bertz CT molecular complexity index is 1990. The van der Waals surface area contributed by atoms with Crippen LogP contribution in [0.2, 0.25) is 0 Å². The summed E-state index contributed by atoms with van der Waals surface area (Å²) >= 11 is 0. The lowest BCUT2D eigenvalue weighted by Gasteiger charge is -2.41. The van der Waals surface area contributed by atoms with E-state index >= 15 is 0 Å². The number of aliphatic hydroxyl groups is 10. The fourth-order valence-corrected chi connectivity index (χ4v) is 7.53. The summed E-state index contributed by atoms with van der Waals surface area (Å²) in [7, 11) is 0. The summed E-state index contributed by atoms with van der Waals surface area (Å²) in [5, 5.41) is 104. The Hall–Kier alpha value is -3.81. The first-order chi connectivity index (χ1) is 27.6. The van der Waals surface area contributed by atoms with Gasteiger partial charge in [0.25, 0.3) is 17.6 Å². The fourth-order valence-electron chi connectivity index (χ4n) is 7.53. The zero-order chi connectivity index (χ0) is 42.4. The average Bonchev–Trinajstić information content (AvgIpc) is 3.83. The number of nitrogens with one attached hydrogen (secondary N) is 2. The van der Waals surface area contributed by atoms with Crippen molar-refractivity contribution in [1.29, 1.82) is 0 Å². The zero-order valence-electron chi connectivity index (χ0n) is 33.2. The zero-order valence-corrected chi connectivity index (χ0v) is 34.8.